The molecule has 1 heterocycles. The number of carbonyl (C=O) groups excluding carboxylic acids is 2. The summed E-state index contributed by atoms with van der Waals surface area (Å²) < 4.78 is 32.5. The first-order chi connectivity index (χ1) is 12.9. The molecule has 0 spiro atoms. The third-order valence-corrected chi connectivity index (χ3v) is 6.10. The summed E-state index contributed by atoms with van der Waals surface area (Å²) in [6.45, 7) is 2.78. The minimum absolute atomic E-state index is 0.0551. The molecule has 27 heavy (non-hydrogen) atoms. The molecule has 1 aliphatic heterocycles. The van der Waals surface area contributed by atoms with Crippen LogP contribution >= 0.6 is 0 Å². The molecule has 1 atom stereocenters. The van der Waals surface area contributed by atoms with E-state index < -0.39 is 21.4 Å². The topological polar surface area (TPSA) is 105 Å². The van der Waals surface area contributed by atoms with Crippen LogP contribution in [0, 0.1) is 0 Å². The highest BCUT2D eigenvalue weighted by Crippen LogP contribution is 2.17. The van der Waals surface area contributed by atoms with Gasteiger partial charge in [0, 0.05) is 19.6 Å². The molecule has 0 bridgehead atoms. The van der Waals surface area contributed by atoms with Gasteiger partial charge in [0.1, 0.15) is 6.61 Å². The van der Waals surface area contributed by atoms with E-state index in [2.05, 4.69) is 10.0 Å². The molecule has 1 aromatic rings. The molecule has 2 amide bonds. The van der Waals surface area contributed by atoms with Crippen molar-refractivity contribution in [2.75, 3.05) is 26.2 Å². The Morgan fingerprint density at radius 2 is 2.00 bits per heavy atom. The molecule has 0 radical (unpaired) electrons. The molecular formula is C18H27N3O5S. The number of rotatable bonds is 8. The van der Waals surface area contributed by atoms with Crippen LogP contribution in [0.15, 0.2) is 30.3 Å². The van der Waals surface area contributed by atoms with Gasteiger partial charge >= 0.3 is 6.09 Å². The molecule has 0 aliphatic carbocycles. The van der Waals surface area contributed by atoms with Crippen molar-refractivity contribution in [2.45, 2.75) is 38.0 Å². The average Bonchev–Trinajstić information content (AvgIpc) is 2.70. The van der Waals surface area contributed by atoms with Gasteiger partial charge < -0.3 is 15.0 Å². The van der Waals surface area contributed by atoms with E-state index in [4.69, 9.17) is 4.74 Å². The summed E-state index contributed by atoms with van der Waals surface area (Å²) in [5.41, 5.74) is 0.867. The van der Waals surface area contributed by atoms with Crippen molar-refractivity contribution in [1.82, 2.24) is 14.9 Å². The predicted octanol–water partition coefficient (Wildman–Crippen LogP) is 1.23. The lowest BCUT2D eigenvalue weighted by molar-refractivity contribution is -0.119. The van der Waals surface area contributed by atoms with E-state index in [1.807, 2.05) is 37.3 Å². The summed E-state index contributed by atoms with van der Waals surface area (Å²) in [6.07, 6.45) is 1.25. The maximum atomic E-state index is 12.4. The van der Waals surface area contributed by atoms with Crippen molar-refractivity contribution in [2.24, 2.45) is 0 Å². The molecule has 0 saturated carbocycles. The average molecular weight is 397 g/mol. The maximum absolute atomic E-state index is 12.4. The SMILES string of the molecule is CCCNC(=O)CNS(=O)(=O)[C@H]1CCCN(C(=O)OCc2ccccc2)C1. The Hall–Kier alpha value is -2.13. The van der Waals surface area contributed by atoms with E-state index in [9.17, 15) is 18.0 Å². The summed E-state index contributed by atoms with van der Waals surface area (Å²) in [7, 11) is -3.70. The predicted molar refractivity (Wildman–Crippen MR) is 101 cm³/mol. The Morgan fingerprint density at radius 1 is 1.26 bits per heavy atom. The first kappa shape index (κ1) is 21.2. The van der Waals surface area contributed by atoms with E-state index in [1.165, 1.54) is 4.90 Å². The third kappa shape index (κ3) is 6.84. The number of hydrogen-bond donors (Lipinski definition) is 2. The number of nitrogens with zero attached hydrogens (tertiary/aromatic N) is 1. The van der Waals surface area contributed by atoms with Gasteiger partial charge in [0.05, 0.1) is 11.8 Å². The van der Waals surface area contributed by atoms with E-state index in [1.54, 1.807) is 0 Å². The lowest BCUT2D eigenvalue weighted by Crippen LogP contribution is -2.49. The number of benzene rings is 1. The van der Waals surface area contributed by atoms with Crippen molar-refractivity contribution in [3.8, 4) is 0 Å². The smallest absolute Gasteiger partial charge is 0.410 e. The van der Waals surface area contributed by atoms with Crippen LogP contribution in [0.2, 0.25) is 0 Å². The van der Waals surface area contributed by atoms with E-state index in [0.29, 0.717) is 25.9 Å². The van der Waals surface area contributed by atoms with Crippen molar-refractivity contribution >= 4 is 22.0 Å². The lowest BCUT2D eigenvalue weighted by Gasteiger charge is -2.31. The molecule has 9 heteroatoms. The molecule has 2 N–H and O–H groups in total. The molecular weight excluding hydrogens is 370 g/mol. The zero-order valence-electron chi connectivity index (χ0n) is 15.5. The van der Waals surface area contributed by atoms with Crippen molar-refractivity contribution < 1.29 is 22.7 Å². The molecule has 150 valence electrons. The molecule has 0 unspecified atom stereocenters. The second-order valence-corrected chi connectivity index (χ2v) is 8.51. The normalized spacial score (nSPS) is 17.4. The summed E-state index contributed by atoms with van der Waals surface area (Å²) in [6, 6.07) is 9.29. The third-order valence-electron chi connectivity index (χ3n) is 4.29. The zero-order chi connectivity index (χ0) is 19.7. The second-order valence-electron chi connectivity index (χ2n) is 6.47. The Morgan fingerprint density at radius 3 is 2.70 bits per heavy atom. The Balaban J connectivity index is 1.84. The second kappa shape index (κ2) is 10.3. The number of hydrogen-bond acceptors (Lipinski definition) is 5. The van der Waals surface area contributed by atoms with Gasteiger partial charge in [-0.3, -0.25) is 4.79 Å². The number of piperidine rings is 1. The van der Waals surface area contributed by atoms with Gasteiger partial charge in [-0.25, -0.2) is 17.9 Å². The molecule has 1 aliphatic rings. The van der Waals surface area contributed by atoms with Gasteiger partial charge in [0.15, 0.2) is 0 Å². The van der Waals surface area contributed by atoms with Crippen LogP contribution in [0.4, 0.5) is 4.79 Å². The van der Waals surface area contributed by atoms with Gasteiger partial charge in [-0.2, -0.15) is 0 Å². The molecule has 1 saturated heterocycles. The number of sulfonamides is 1. The van der Waals surface area contributed by atoms with E-state index >= 15 is 0 Å². The highest BCUT2D eigenvalue weighted by Gasteiger charge is 2.33. The summed E-state index contributed by atoms with van der Waals surface area (Å²) in [5.74, 6) is -0.365. The monoisotopic (exact) mass is 397 g/mol. The molecule has 2 rings (SSSR count). The number of carbonyl (C=O) groups is 2. The maximum Gasteiger partial charge on any atom is 0.410 e. The Kier molecular flexibility index (Phi) is 8.05. The van der Waals surface area contributed by atoms with Crippen LogP contribution in [0.1, 0.15) is 31.7 Å². The largest absolute Gasteiger partial charge is 0.445 e. The quantitative estimate of drug-likeness (QED) is 0.687. The van der Waals surface area contributed by atoms with Gasteiger partial charge in [-0.15, -0.1) is 0 Å². The van der Waals surface area contributed by atoms with Crippen molar-refractivity contribution in [1.29, 1.82) is 0 Å². The number of amides is 2. The fourth-order valence-corrected chi connectivity index (χ4v) is 4.20. The van der Waals surface area contributed by atoms with Crippen LogP contribution in [-0.4, -0.2) is 56.7 Å². The van der Waals surface area contributed by atoms with Crippen LogP contribution < -0.4 is 10.0 Å². The van der Waals surface area contributed by atoms with Crippen LogP contribution in [0.3, 0.4) is 0 Å². The zero-order valence-corrected chi connectivity index (χ0v) is 16.3. The fourth-order valence-electron chi connectivity index (χ4n) is 2.78. The van der Waals surface area contributed by atoms with Crippen LogP contribution in [0.25, 0.3) is 0 Å². The van der Waals surface area contributed by atoms with Crippen LogP contribution in [-0.2, 0) is 26.2 Å². The fraction of sp³-hybridized carbons (Fsp3) is 0.556. The first-order valence-electron chi connectivity index (χ1n) is 9.13. The van der Waals surface area contributed by atoms with Gasteiger partial charge in [-0.1, -0.05) is 37.3 Å². The molecule has 8 nitrogen and oxygen atoms in total. The number of ether oxygens (including phenoxy) is 1. The highest BCUT2D eigenvalue weighted by molar-refractivity contribution is 7.90. The lowest BCUT2D eigenvalue weighted by atomic mass is 10.1. The minimum atomic E-state index is -3.70. The number of likely N-dealkylation sites (tertiary alicyclic amines) is 1. The van der Waals surface area contributed by atoms with Crippen molar-refractivity contribution in [3.05, 3.63) is 35.9 Å². The van der Waals surface area contributed by atoms with Gasteiger partial charge in [-0.05, 0) is 24.8 Å². The van der Waals surface area contributed by atoms with Crippen LogP contribution in [0.5, 0.6) is 0 Å². The Bertz CT molecular complexity index is 724. The molecule has 0 aromatic heterocycles. The van der Waals surface area contributed by atoms with E-state index in [-0.39, 0.29) is 25.6 Å². The van der Waals surface area contributed by atoms with Gasteiger partial charge in [0.25, 0.3) is 0 Å². The molecule has 1 fully saturated rings. The summed E-state index contributed by atoms with van der Waals surface area (Å²) in [5, 5.41) is 1.86. The summed E-state index contributed by atoms with van der Waals surface area (Å²) >= 11 is 0. The van der Waals surface area contributed by atoms with Crippen molar-refractivity contribution in [3.63, 3.8) is 0 Å². The highest BCUT2D eigenvalue weighted by atomic mass is 32.2. The number of nitrogens with one attached hydrogen (secondary N) is 2. The van der Waals surface area contributed by atoms with E-state index in [0.717, 1.165) is 12.0 Å². The minimum Gasteiger partial charge on any atom is -0.445 e. The summed E-state index contributed by atoms with van der Waals surface area (Å²) in [4.78, 5) is 25.3. The van der Waals surface area contributed by atoms with Gasteiger partial charge in [0.2, 0.25) is 15.9 Å². The Labute approximate surface area is 160 Å². The standard InChI is InChI=1S/C18H27N3O5S/c1-2-10-19-17(22)12-20-27(24,25)16-9-6-11-21(13-16)18(23)26-14-15-7-4-3-5-8-15/h3-5,7-8,16,20H,2,6,9-14H2,1H3,(H,19,22)/t16-/m0/s1. The first-order valence-corrected chi connectivity index (χ1v) is 10.7. The molecule has 1 aromatic carbocycles.